The Morgan fingerprint density at radius 1 is 1.83 bits per heavy atom. The quantitative estimate of drug-likeness (QED) is 0.302. The third kappa shape index (κ3) is 25.1. The van der Waals surface area contributed by atoms with Crippen molar-refractivity contribution in [3.8, 4) is 0 Å². The molecule has 36 valence electrons. The van der Waals surface area contributed by atoms with Crippen LogP contribution in [0.15, 0.2) is 2.89 Å². The molecule has 0 amide bonds. The Bertz CT molecular complexity index is 51.5. The molecule has 0 atom stereocenters. The molecule has 0 aliphatic carbocycles. The number of hydrogen-bond donors (Lipinski definition) is 1. The summed E-state index contributed by atoms with van der Waals surface area (Å²) in [5.74, 6) is 0. The zero-order valence-electron chi connectivity index (χ0n) is 3.38. The average molecular weight is 299 g/mol. The molecule has 6 heavy (non-hydrogen) atoms. The van der Waals surface area contributed by atoms with E-state index in [-0.39, 0.29) is 0 Å². The maximum atomic E-state index is 8.91. The Morgan fingerprint density at radius 2 is 2.00 bits per heavy atom. The molecule has 0 aromatic rings. The van der Waals surface area contributed by atoms with Crippen molar-refractivity contribution in [2.45, 2.75) is 0 Å². The minimum atomic E-state index is 0.749. The van der Waals surface area contributed by atoms with Crippen LogP contribution in [0.1, 0.15) is 0 Å². The zero-order valence-corrected chi connectivity index (χ0v) is 8.86. The van der Waals surface area contributed by atoms with Gasteiger partial charge < -0.3 is 5.40 Å². The number of nitrogens with two attached hydrogens (primary N) is 1. The number of nitrogens with zero attached hydrogens (tertiary/aromatic N) is 1. The van der Waals surface area contributed by atoms with Crippen LogP contribution in [0.4, 0.5) is 0 Å². The van der Waals surface area contributed by atoms with Gasteiger partial charge in [-0.25, -0.2) is 0 Å². The van der Waals surface area contributed by atoms with Crippen LogP contribution in [0.5, 0.6) is 0 Å². The van der Waals surface area contributed by atoms with Gasteiger partial charge >= 0.3 is 39.1 Å². The van der Waals surface area contributed by atoms with Gasteiger partial charge in [0.2, 0.25) is 0 Å². The van der Waals surface area contributed by atoms with Gasteiger partial charge in [-0.1, -0.05) is 0 Å². The van der Waals surface area contributed by atoms with E-state index in [1.165, 1.54) is 6.08 Å². The molecule has 0 fully saturated rings. The zero-order chi connectivity index (χ0) is 5.41. The third-order valence-corrected chi connectivity index (χ3v) is 0.358. The standard InChI is InChI=1S/CNO.H5NSi.Po.H/c2-1-3;1-2;;/h;1H2,2H3;;/q-1;;+1;. The molecule has 0 aromatic heterocycles. The third-order valence-electron chi connectivity index (χ3n) is 0.0408. The first kappa shape index (κ1) is 9.68. The van der Waals surface area contributed by atoms with Crippen molar-refractivity contribution in [1.82, 2.24) is 0 Å². The second kappa shape index (κ2) is 18.0. The van der Waals surface area contributed by atoms with Crippen LogP contribution in [0.25, 0.3) is 0 Å². The fourth-order valence-corrected chi connectivity index (χ4v) is 0. The molecule has 2 N–H and O–H groups in total. The topological polar surface area (TPSA) is 55.5 Å². The molecule has 0 unspecified atom stereocenters. The van der Waals surface area contributed by atoms with Crippen molar-refractivity contribution < 1.29 is 4.79 Å². The van der Waals surface area contributed by atoms with Crippen LogP contribution in [0.3, 0.4) is 0 Å². The van der Waals surface area contributed by atoms with Gasteiger partial charge in [0, 0.05) is 0 Å². The van der Waals surface area contributed by atoms with Crippen LogP contribution in [-0.2, 0) is 4.79 Å². The van der Waals surface area contributed by atoms with Gasteiger partial charge in [0.05, 0.1) is 10.4 Å². The predicted octanol–water partition coefficient (Wildman–Crippen LogP) is -2.64. The van der Waals surface area contributed by atoms with E-state index in [1.54, 1.807) is 0 Å². The molecule has 0 spiro atoms. The molecule has 0 saturated heterocycles. The molecule has 0 aliphatic rings. The average Bonchev–Trinajstić information content (AvgIpc) is 1.72. The molecular weight excluding hydrogens is 293 g/mol. The van der Waals surface area contributed by atoms with Crippen molar-refractivity contribution in [2.24, 2.45) is 8.29 Å². The van der Waals surface area contributed by atoms with Crippen LogP contribution in [0.2, 0.25) is 0 Å². The molecule has 0 heterocycles. The predicted molar refractivity (Wildman–Crippen MR) is 29.4 cm³/mol. The summed E-state index contributed by atoms with van der Waals surface area (Å²) in [6.07, 6.45) is 1.35. The molecule has 3 nitrogen and oxygen atoms in total. The molecule has 0 bridgehead atoms. The first-order chi connectivity index (χ1) is 2.91. The van der Waals surface area contributed by atoms with Crippen molar-refractivity contribution >= 4 is 41.8 Å². The van der Waals surface area contributed by atoms with Gasteiger partial charge in [-0.3, -0.25) is 0 Å². The fourth-order valence-electron chi connectivity index (χ4n) is 0. The van der Waals surface area contributed by atoms with Crippen molar-refractivity contribution in [3.05, 3.63) is 0 Å². The summed E-state index contributed by atoms with van der Waals surface area (Å²) in [4.78, 5) is 8.91. The van der Waals surface area contributed by atoms with Gasteiger partial charge in [0.15, 0.2) is 0 Å². The molecule has 5 heteroatoms. The fraction of sp³-hybridized carbons (Fsp3) is 0. The van der Waals surface area contributed by atoms with Gasteiger partial charge in [0.1, 0.15) is 0 Å². The Hall–Kier alpha value is 0.453. The summed E-state index contributed by atoms with van der Waals surface area (Å²) < 4.78 is 3.04. The molecular formula is CH6N2OPoSi. The van der Waals surface area contributed by atoms with E-state index in [9.17, 15) is 0 Å². The molecule has 0 saturated carbocycles. The van der Waals surface area contributed by atoms with E-state index in [2.05, 4.69) is 8.29 Å². The van der Waals surface area contributed by atoms with Crippen molar-refractivity contribution in [2.75, 3.05) is 0 Å². The molecule has 0 radical (unpaired) electrons. The number of hydrogen-bond acceptors (Lipinski definition) is 3. The van der Waals surface area contributed by atoms with Crippen LogP contribution < -0.4 is 5.40 Å². The number of carbonyl (C=O) groups excluding carboxylic acids is 1. The summed E-state index contributed by atoms with van der Waals surface area (Å²) >= 11 is 0.749. The Labute approximate surface area is 55.0 Å². The van der Waals surface area contributed by atoms with Crippen LogP contribution in [0, 0.1) is 0 Å². The second-order valence-electron chi connectivity index (χ2n) is 0.191. The van der Waals surface area contributed by atoms with E-state index >= 15 is 0 Å². The van der Waals surface area contributed by atoms with Crippen LogP contribution >= 0.6 is 0 Å². The van der Waals surface area contributed by atoms with E-state index < -0.39 is 0 Å². The molecule has 0 aromatic carbocycles. The summed E-state index contributed by atoms with van der Waals surface area (Å²) in [7, 11) is 0.806. The monoisotopic (exact) mass is 299 g/mol. The van der Waals surface area contributed by atoms with E-state index in [4.69, 9.17) is 4.79 Å². The summed E-state index contributed by atoms with van der Waals surface area (Å²) in [6, 6.07) is 0. The Morgan fingerprint density at radius 3 is 2.00 bits per heavy atom. The van der Waals surface area contributed by atoms with Crippen LogP contribution in [-0.4, -0.2) is 41.8 Å². The van der Waals surface area contributed by atoms with Gasteiger partial charge in [-0.2, -0.15) is 0 Å². The van der Waals surface area contributed by atoms with E-state index in [0.717, 1.165) is 35.8 Å². The summed E-state index contributed by atoms with van der Waals surface area (Å²) in [5.41, 5.74) is 0. The van der Waals surface area contributed by atoms with Crippen molar-refractivity contribution in [1.29, 1.82) is 0 Å². The number of isocyanates is 1. The first-order valence-electron chi connectivity index (χ1n) is 1.21. The van der Waals surface area contributed by atoms with Gasteiger partial charge in [-0.05, 0) is 0 Å². The number of rotatable bonds is 0. The SMILES string of the molecule is N[SiH3].O=C=[N][PoH]. The van der Waals surface area contributed by atoms with Crippen molar-refractivity contribution in [3.63, 3.8) is 0 Å². The van der Waals surface area contributed by atoms with Gasteiger partial charge in [-0.15, -0.1) is 0 Å². The summed E-state index contributed by atoms with van der Waals surface area (Å²) in [6.45, 7) is 0. The first-order valence-corrected chi connectivity index (χ1v) is 3.91. The van der Waals surface area contributed by atoms with E-state index in [1.807, 2.05) is 0 Å². The van der Waals surface area contributed by atoms with E-state index in [0.29, 0.717) is 0 Å². The summed E-state index contributed by atoms with van der Waals surface area (Å²) in [5, 5.41) is 4.64. The molecule has 0 aliphatic heterocycles. The Kier molecular flexibility index (Phi) is 29.0. The second-order valence-corrected chi connectivity index (χ2v) is 0.969. The maximum absolute atomic E-state index is 8.91. The Balaban J connectivity index is 0. The molecule has 0 rings (SSSR count). The van der Waals surface area contributed by atoms with Gasteiger partial charge in [0.25, 0.3) is 0 Å². The normalized spacial score (nSPS) is 4.33. The minimum absolute atomic E-state index is 0.749.